The molecule has 2 atom stereocenters. The second-order valence-corrected chi connectivity index (χ2v) is 7.07. The van der Waals surface area contributed by atoms with E-state index in [2.05, 4.69) is 20.1 Å². The minimum Gasteiger partial charge on any atom is -0.480 e. The summed E-state index contributed by atoms with van der Waals surface area (Å²) in [5.74, 6) is -0.645. The zero-order valence-electron chi connectivity index (χ0n) is 16.2. The van der Waals surface area contributed by atoms with Gasteiger partial charge >= 0.3 is 6.01 Å². The number of benzene rings is 1. The first-order chi connectivity index (χ1) is 14.6. The van der Waals surface area contributed by atoms with E-state index >= 15 is 0 Å². The summed E-state index contributed by atoms with van der Waals surface area (Å²) >= 11 is 0. The lowest BCUT2D eigenvalue weighted by atomic mass is 10.0. The molecular formula is C21H17F2N5O2. The number of hydrogen-bond donors (Lipinski definition) is 0. The molecule has 0 N–H and O–H groups in total. The largest absolute Gasteiger partial charge is 0.480 e. The van der Waals surface area contributed by atoms with Crippen LogP contribution < -0.4 is 9.47 Å². The predicted octanol–water partition coefficient (Wildman–Crippen LogP) is 3.75. The first-order valence-corrected chi connectivity index (χ1v) is 9.33. The fourth-order valence-corrected chi connectivity index (χ4v) is 3.81. The Kier molecular flexibility index (Phi) is 4.30. The van der Waals surface area contributed by atoms with E-state index in [0.29, 0.717) is 34.8 Å². The van der Waals surface area contributed by atoms with Crippen LogP contribution in [0.15, 0.2) is 42.9 Å². The summed E-state index contributed by atoms with van der Waals surface area (Å²) in [4.78, 5) is 12.8. The van der Waals surface area contributed by atoms with Crippen LogP contribution in [0, 0.1) is 11.6 Å². The maximum absolute atomic E-state index is 14.3. The van der Waals surface area contributed by atoms with E-state index in [1.165, 1.54) is 26.4 Å². The third-order valence-electron chi connectivity index (χ3n) is 5.32. The Balaban J connectivity index is 1.59. The van der Waals surface area contributed by atoms with Crippen molar-refractivity contribution in [1.82, 2.24) is 24.6 Å². The molecule has 3 aromatic heterocycles. The lowest BCUT2D eigenvalue weighted by Crippen LogP contribution is -2.03. The molecule has 0 amide bonds. The van der Waals surface area contributed by atoms with Crippen LogP contribution in [0.4, 0.5) is 8.78 Å². The van der Waals surface area contributed by atoms with Crippen LogP contribution in [-0.2, 0) is 0 Å². The molecule has 1 aliphatic rings. The van der Waals surface area contributed by atoms with Crippen LogP contribution in [0.25, 0.3) is 16.9 Å². The summed E-state index contributed by atoms with van der Waals surface area (Å²) in [5.41, 5.74) is 3.13. The summed E-state index contributed by atoms with van der Waals surface area (Å²) in [6, 6.07) is 5.64. The average Bonchev–Trinajstić information content (AvgIpc) is 3.41. The van der Waals surface area contributed by atoms with Crippen LogP contribution in [0.3, 0.4) is 0 Å². The Morgan fingerprint density at radius 1 is 1.03 bits per heavy atom. The number of imidazole rings is 1. The van der Waals surface area contributed by atoms with Crippen molar-refractivity contribution < 1.29 is 18.3 Å². The maximum Gasteiger partial charge on any atom is 0.319 e. The highest BCUT2D eigenvalue weighted by Gasteiger charge is 2.43. The van der Waals surface area contributed by atoms with Gasteiger partial charge in [-0.1, -0.05) is 0 Å². The lowest BCUT2D eigenvalue weighted by molar-refractivity contribution is 0.353. The fourth-order valence-electron chi connectivity index (χ4n) is 3.81. The minimum absolute atomic E-state index is 0.00175. The molecule has 152 valence electrons. The van der Waals surface area contributed by atoms with Crippen LogP contribution >= 0.6 is 0 Å². The Bertz CT molecular complexity index is 1260. The number of fused-ring (bicyclic) bond motifs is 1. The fraction of sp³-hybridized carbons (Fsp3) is 0.238. The number of nitrogens with zero attached hydrogens (tertiary/aromatic N) is 5. The summed E-state index contributed by atoms with van der Waals surface area (Å²) in [5, 5.41) is 4.59. The van der Waals surface area contributed by atoms with Crippen molar-refractivity contribution >= 4 is 5.65 Å². The topological polar surface area (TPSA) is 74.4 Å². The third-order valence-corrected chi connectivity index (χ3v) is 5.32. The van der Waals surface area contributed by atoms with Gasteiger partial charge in [-0.05, 0) is 48.1 Å². The molecule has 30 heavy (non-hydrogen) atoms. The van der Waals surface area contributed by atoms with Gasteiger partial charge in [0.15, 0.2) is 5.65 Å². The molecule has 4 aromatic rings. The van der Waals surface area contributed by atoms with Gasteiger partial charge in [0, 0.05) is 24.2 Å². The Labute approximate surface area is 170 Å². The van der Waals surface area contributed by atoms with E-state index in [4.69, 9.17) is 9.47 Å². The molecular weight excluding hydrogens is 392 g/mol. The summed E-state index contributed by atoms with van der Waals surface area (Å²) < 4.78 is 40.0. The van der Waals surface area contributed by atoms with Gasteiger partial charge in [-0.25, -0.2) is 23.3 Å². The van der Waals surface area contributed by atoms with E-state index in [-0.39, 0.29) is 17.8 Å². The molecule has 0 spiro atoms. The lowest BCUT2D eigenvalue weighted by Gasteiger charge is -2.11. The normalized spacial score (nSPS) is 17.9. The molecule has 0 radical (unpaired) electrons. The molecule has 1 fully saturated rings. The minimum atomic E-state index is -0.446. The highest BCUT2D eigenvalue weighted by atomic mass is 19.1. The van der Waals surface area contributed by atoms with Gasteiger partial charge in [0.2, 0.25) is 5.88 Å². The van der Waals surface area contributed by atoms with E-state index in [0.717, 1.165) is 11.6 Å². The van der Waals surface area contributed by atoms with Gasteiger partial charge < -0.3 is 9.47 Å². The van der Waals surface area contributed by atoms with Crippen LogP contribution in [0.5, 0.6) is 11.9 Å². The summed E-state index contributed by atoms with van der Waals surface area (Å²) in [6.45, 7) is 0. The van der Waals surface area contributed by atoms with Gasteiger partial charge in [-0.2, -0.15) is 10.1 Å². The molecule has 1 aromatic carbocycles. The molecule has 7 nitrogen and oxygen atoms in total. The standard InChI is InChI=1S/C21H17F2N5O2/c1-29-20-16(10-25-21(26-20)30-2)18-9-15(19-24-5-6-28(19)27-18)13-8-12(13)14-7-11(22)3-4-17(14)23/h3-7,9-10,12-13H,8H2,1-2H3/t12-,13-/m0/s1. The molecule has 0 saturated heterocycles. The number of halogens is 2. The molecule has 1 aliphatic carbocycles. The second kappa shape index (κ2) is 7.01. The molecule has 5 rings (SSSR count). The van der Waals surface area contributed by atoms with E-state index < -0.39 is 11.6 Å². The van der Waals surface area contributed by atoms with Crippen LogP contribution in [-0.4, -0.2) is 38.8 Å². The Morgan fingerprint density at radius 2 is 1.87 bits per heavy atom. The highest BCUT2D eigenvalue weighted by Crippen LogP contribution is 2.56. The number of hydrogen-bond acceptors (Lipinski definition) is 6. The SMILES string of the molecule is COc1ncc(-c2cc([C@H]3C[C@@H]3c3cc(F)ccc3F)c3nccn3n2)c(OC)n1. The van der Waals surface area contributed by atoms with Gasteiger partial charge in [0.1, 0.15) is 11.6 Å². The Morgan fingerprint density at radius 3 is 2.67 bits per heavy atom. The number of rotatable bonds is 5. The zero-order chi connectivity index (χ0) is 20.8. The van der Waals surface area contributed by atoms with Gasteiger partial charge in [0.05, 0.1) is 25.5 Å². The average molecular weight is 409 g/mol. The van der Waals surface area contributed by atoms with Gasteiger partial charge in [-0.3, -0.25) is 0 Å². The molecule has 0 aliphatic heterocycles. The molecule has 9 heteroatoms. The molecule has 3 heterocycles. The first-order valence-electron chi connectivity index (χ1n) is 9.33. The number of methoxy groups -OCH3 is 2. The van der Waals surface area contributed by atoms with Crippen molar-refractivity contribution in [1.29, 1.82) is 0 Å². The molecule has 0 bridgehead atoms. The maximum atomic E-state index is 14.3. The van der Waals surface area contributed by atoms with Crippen molar-refractivity contribution in [3.05, 3.63) is 65.6 Å². The third kappa shape index (κ3) is 3.02. The molecule has 1 saturated carbocycles. The van der Waals surface area contributed by atoms with Gasteiger partial charge in [-0.15, -0.1) is 0 Å². The second-order valence-electron chi connectivity index (χ2n) is 7.07. The van der Waals surface area contributed by atoms with Crippen LogP contribution in [0.1, 0.15) is 29.4 Å². The summed E-state index contributed by atoms with van der Waals surface area (Å²) in [7, 11) is 2.98. The first kappa shape index (κ1) is 18.4. The smallest absolute Gasteiger partial charge is 0.319 e. The van der Waals surface area contributed by atoms with Crippen molar-refractivity contribution in [3.63, 3.8) is 0 Å². The number of ether oxygens (including phenoxy) is 2. The van der Waals surface area contributed by atoms with Crippen molar-refractivity contribution in [2.75, 3.05) is 14.2 Å². The number of aromatic nitrogens is 5. The van der Waals surface area contributed by atoms with Crippen LogP contribution in [0.2, 0.25) is 0 Å². The highest BCUT2D eigenvalue weighted by molar-refractivity contribution is 5.68. The Hall–Kier alpha value is -3.62. The van der Waals surface area contributed by atoms with Crippen molar-refractivity contribution in [2.24, 2.45) is 0 Å². The predicted molar refractivity (Wildman–Crippen MR) is 104 cm³/mol. The van der Waals surface area contributed by atoms with E-state index in [9.17, 15) is 8.78 Å². The van der Waals surface area contributed by atoms with E-state index in [1.807, 2.05) is 6.07 Å². The quantitative estimate of drug-likeness (QED) is 0.500. The van der Waals surface area contributed by atoms with Crippen molar-refractivity contribution in [2.45, 2.75) is 18.3 Å². The van der Waals surface area contributed by atoms with Crippen molar-refractivity contribution in [3.8, 4) is 23.1 Å². The molecule has 0 unspecified atom stereocenters. The van der Waals surface area contributed by atoms with Gasteiger partial charge in [0.25, 0.3) is 0 Å². The summed E-state index contributed by atoms with van der Waals surface area (Å²) in [6.07, 6.45) is 5.66. The van der Waals surface area contributed by atoms with E-state index in [1.54, 1.807) is 23.1 Å². The zero-order valence-corrected chi connectivity index (χ0v) is 16.2. The monoisotopic (exact) mass is 409 g/mol.